The standard InChI is InChI=1S/C25H20N4.Ir/c1-18-13-19(2)15-21(14-18)20-7-6-10-23(16-20)29-17-28(22-8-4-3-5-9-22)24-25(29)27-12-11-26-24;/h3-9,11-17H,1-2H3;/q-2;. The molecule has 0 fully saturated rings. The molecular formula is C25H20IrN4-2. The third-order valence-corrected chi connectivity index (χ3v) is 4.98. The van der Waals surface area contributed by atoms with Gasteiger partial charge in [0.05, 0.1) is 0 Å². The molecule has 2 heterocycles. The van der Waals surface area contributed by atoms with E-state index < -0.39 is 0 Å². The van der Waals surface area contributed by atoms with Crippen molar-refractivity contribution >= 4 is 23.0 Å². The van der Waals surface area contributed by atoms with Crippen LogP contribution in [0, 0.1) is 26.6 Å². The fraction of sp³-hybridized carbons (Fsp3) is 0.0800. The average Bonchev–Trinajstić information content (AvgIpc) is 3.14. The quantitative estimate of drug-likeness (QED) is 0.285. The predicted molar refractivity (Wildman–Crippen MR) is 117 cm³/mol. The maximum atomic E-state index is 4.59. The molecule has 0 unspecified atom stereocenters. The predicted octanol–water partition coefficient (Wildman–Crippen LogP) is 5.97. The zero-order valence-electron chi connectivity index (χ0n) is 16.7. The van der Waals surface area contributed by atoms with Crippen molar-refractivity contribution in [2.45, 2.75) is 13.8 Å². The number of fused-ring (bicyclic) bond motifs is 1. The number of hydrogen-bond acceptors (Lipinski definition) is 4. The van der Waals surface area contributed by atoms with Crippen LogP contribution in [0.3, 0.4) is 0 Å². The van der Waals surface area contributed by atoms with Gasteiger partial charge in [0.1, 0.15) is 11.6 Å². The van der Waals surface area contributed by atoms with E-state index in [0.29, 0.717) is 0 Å². The van der Waals surface area contributed by atoms with Gasteiger partial charge in [0.15, 0.2) is 0 Å². The molecule has 0 atom stereocenters. The van der Waals surface area contributed by atoms with Crippen LogP contribution >= 0.6 is 0 Å². The van der Waals surface area contributed by atoms with E-state index >= 15 is 0 Å². The Morgan fingerprint density at radius 1 is 0.767 bits per heavy atom. The fourth-order valence-electron chi connectivity index (χ4n) is 3.76. The first-order valence-corrected chi connectivity index (χ1v) is 9.59. The molecule has 1 aliphatic heterocycles. The minimum atomic E-state index is 0. The van der Waals surface area contributed by atoms with E-state index in [-0.39, 0.29) is 20.1 Å². The number of aryl methyl sites for hydroxylation is 2. The number of hydrogen-bond donors (Lipinski definition) is 0. The summed E-state index contributed by atoms with van der Waals surface area (Å²) in [6.45, 7) is 6.28. The summed E-state index contributed by atoms with van der Waals surface area (Å²) in [5.74, 6) is 1.61. The van der Waals surface area contributed by atoms with E-state index in [9.17, 15) is 0 Å². The summed E-state index contributed by atoms with van der Waals surface area (Å²) in [7, 11) is 0. The van der Waals surface area contributed by atoms with Crippen molar-refractivity contribution in [3.63, 3.8) is 0 Å². The molecule has 1 radical (unpaired) electrons. The van der Waals surface area contributed by atoms with Gasteiger partial charge in [-0.1, -0.05) is 47.5 Å². The number of nitrogens with zero attached hydrogens (tertiary/aromatic N) is 4. The maximum Gasteiger partial charge on any atom is 0.145 e. The molecule has 4 nitrogen and oxygen atoms in total. The molecule has 5 rings (SSSR count). The number of para-hydroxylation sites is 1. The first-order chi connectivity index (χ1) is 14.2. The molecule has 4 aromatic rings. The SMILES string of the molecule is Cc1cc(C)cc(-c2cc[c-]c(N3[CH-]N(c4ccccc4)c4nccnc43)c2)c1.[Ir]. The van der Waals surface area contributed by atoms with Crippen LogP contribution < -0.4 is 9.80 Å². The molecule has 0 saturated carbocycles. The van der Waals surface area contributed by atoms with Gasteiger partial charge in [0.25, 0.3) is 0 Å². The first-order valence-electron chi connectivity index (χ1n) is 9.59. The molecule has 1 aromatic heterocycles. The first kappa shape index (κ1) is 20.3. The third kappa shape index (κ3) is 3.74. The van der Waals surface area contributed by atoms with Gasteiger partial charge >= 0.3 is 0 Å². The summed E-state index contributed by atoms with van der Waals surface area (Å²) in [4.78, 5) is 13.3. The Hall–Kier alpha value is -3.01. The molecule has 0 bridgehead atoms. The molecule has 3 aromatic carbocycles. The van der Waals surface area contributed by atoms with Crippen LogP contribution in [0.25, 0.3) is 11.1 Å². The Bertz CT molecular complexity index is 1160. The van der Waals surface area contributed by atoms with Gasteiger partial charge in [-0.3, -0.25) is 0 Å². The van der Waals surface area contributed by atoms with E-state index in [1.807, 2.05) is 35.8 Å². The topological polar surface area (TPSA) is 32.3 Å². The number of aromatic nitrogens is 2. The molecule has 0 amide bonds. The van der Waals surface area contributed by atoms with Crippen LogP contribution in [0.5, 0.6) is 0 Å². The molecule has 0 saturated heterocycles. The largest absolute Gasteiger partial charge is 0.477 e. The minimum Gasteiger partial charge on any atom is -0.477 e. The van der Waals surface area contributed by atoms with Gasteiger partial charge in [-0.25, -0.2) is 9.97 Å². The molecule has 30 heavy (non-hydrogen) atoms. The minimum absolute atomic E-state index is 0. The van der Waals surface area contributed by atoms with Crippen molar-refractivity contribution in [1.29, 1.82) is 0 Å². The van der Waals surface area contributed by atoms with E-state index in [2.05, 4.69) is 77.2 Å². The molecular weight excluding hydrogens is 549 g/mol. The Kier molecular flexibility index (Phi) is 5.67. The second kappa shape index (κ2) is 8.39. The van der Waals surface area contributed by atoms with Crippen molar-refractivity contribution in [1.82, 2.24) is 9.97 Å². The summed E-state index contributed by atoms with van der Waals surface area (Å²) >= 11 is 0. The molecule has 1 aliphatic rings. The van der Waals surface area contributed by atoms with Gasteiger partial charge in [-0.15, -0.1) is 24.0 Å². The summed E-state index contributed by atoms with van der Waals surface area (Å²) in [6, 6.07) is 26.4. The van der Waals surface area contributed by atoms with Crippen molar-refractivity contribution in [3.8, 4) is 11.1 Å². The normalized spacial score (nSPS) is 12.5. The van der Waals surface area contributed by atoms with E-state index in [4.69, 9.17) is 0 Å². The summed E-state index contributed by atoms with van der Waals surface area (Å²) in [6.07, 6.45) is 3.45. The Labute approximate surface area is 190 Å². The molecule has 0 N–H and O–H groups in total. The molecule has 0 spiro atoms. The maximum absolute atomic E-state index is 4.59. The van der Waals surface area contributed by atoms with Gasteiger partial charge in [-0.05, 0) is 31.5 Å². The van der Waals surface area contributed by atoms with Crippen LogP contribution in [0.2, 0.25) is 0 Å². The smallest absolute Gasteiger partial charge is 0.145 e. The van der Waals surface area contributed by atoms with Gasteiger partial charge in [-0.2, -0.15) is 18.2 Å². The number of anilines is 4. The van der Waals surface area contributed by atoms with Crippen LogP contribution in [-0.4, -0.2) is 9.97 Å². The molecule has 151 valence electrons. The van der Waals surface area contributed by atoms with Crippen LogP contribution in [-0.2, 0) is 20.1 Å². The van der Waals surface area contributed by atoms with Crippen molar-refractivity contribution in [2.24, 2.45) is 0 Å². The fourth-order valence-corrected chi connectivity index (χ4v) is 3.76. The zero-order chi connectivity index (χ0) is 19.8. The van der Waals surface area contributed by atoms with E-state index in [1.165, 1.54) is 16.7 Å². The third-order valence-electron chi connectivity index (χ3n) is 4.98. The van der Waals surface area contributed by atoms with Gasteiger partial charge < -0.3 is 9.80 Å². The second-order valence-corrected chi connectivity index (χ2v) is 7.23. The Morgan fingerprint density at radius 3 is 2.13 bits per heavy atom. The zero-order valence-corrected chi connectivity index (χ0v) is 19.1. The Balaban J connectivity index is 0.00000218. The van der Waals surface area contributed by atoms with Crippen LogP contribution in [0.1, 0.15) is 11.1 Å². The van der Waals surface area contributed by atoms with Crippen molar-refractivity contribution < 1.29 is 20.1 Å². The number of benzene rings is 3. The average molecular weight is 569 g/mol. The Morgan fingerprint density at radius 2 is 1.43 bits per heavy atom. The van der Waals surface area contributed by atoms with Crippen LogP contribution in [0.4, 0.5) is 23.0 Å². The second-order valence-electron chi connectivity index (χ2n) is 7.23. The van der Waals surface area contributed by atoms with Gasteiger partial charge in [0.2, 0.25) is 0 Å². The summed E-state index contributed by atoms with van der Waals surface area (Å²) in [5, 5.41) is 0. The number of rotatable bonds is 3. The van der Waals surface area contributed by atoms with Gasteiger partial charge in [0, 0.05) is 38.2 Å². The van der Waals surface area contributed by atoms with Crippen molar-refractivity contribution in [2.75, 3.05) is 9.80 Å². The molecule has 0 aliphatic carbocycles. The monoisotopic (exact) mass is 569 g/mol. The molecule has 5 heteroatoms. The van der Waals surface area contributed by atoms with E-state index in [0.717, 1.165) is 28.6 Å². The summed E-state index contributed by atoms with van der Waals surface area (Å²) < 4.78 is 0. The van der Waals surface area contributed by atoms with E-state index in [1.54, 1.807) is 12.4 Å². The van der Waals surface area contributed by atoms with Crippen molar-refractivity contribution in [3.05, 3.63) is 103 Å². The van der Waals surface area contributed by atoms with Crippen LogP contribution in [0.15, 0.2) is 79.1 Å². The summed E-state index contributed by atoms with van der Waals surface area (Å²) in [5.41, 5.74) is 6.85.